The van der Waals surface area contributed by atoms with E-state index in [2.05, 4.69) is 19.1 Å². The van der Waals surface area contributed by atoms with Crippen molar-refractivity contribution in [2.24, 2.45) is 0 Å². The van der Waals surface area contributed by atoms with Crippen LogP contribution in [0.2, 0.25) is 0 Å². The highest BCUT2D eigenvalue weighted by Gasteiger charge is 2.42. The van der Waals surface area contributed by atoms with Gasteiger partial charge >= 0.3 is 0 Å². The number of amides is 2. The lowest BCUT2D eigenvalue weighted by atomic mass is 9.97. The molecule has 28 heavy (non-hydrogen) atoms. The Kier molecular flexibility index (Phi) is 6.44. The van der Waals surface area contributed by atoms with Crippen molar-refractivity contribution < 1.29 is 19.5 Å². The van der Waals surface area contributed by atoms with Crippen molar-refractivity contribution in [3.05, 3.63) is 59.7 Å². The smallest absolute Gasteiger partial charge is 0.268 e. The average molecular weight is 382 g/mol. The Hall–Kier alpha value is -2.70. The second-order valence-electron chi connectivity index (χ2n) is 6.97. The summed E-state index contributed by atoms with van der Waals surface area (Å²) in [5.41, 5.74) is 5.22. The molecule has 2 aromatic rings. The quantitative estimate of drug-likeness (QED) is 0.595. The van der Waals surface area contributed by atoms with Crippen molar-refractivity contribution in [2.75, 3.05) is 13.7 Å². The summed E-state index contributed by atoms with van der Waals surface area (Å²) in [5.74, 6) is -0.888. The highest BCUT2D eigenvalue weighted by Crippen LogP contribution is 2.29. The first-order valence-electron chi connectivity index (χ1n) is 9.56. The van der Waals surface area contributed by atoms with Gasteiger partial charge in [0.25, 0.3) is 11.8 Å². The van der Waals surface area contributed by atoms with E-state index in [0.717, 1.165) is 24.0 Å². The molecule has 148 valence electrons. The van der Waals surface area contributed by atoms with Crippen LogP contribution in [-0.4, -0.2) is 47.7 Å². The van der Waals surface area contributed by atoms with Gasteiger partial charge in [-0.15, -0.1) is 0 Å². The van der Waals surface area contributed by atoms with E-state index in [1.54, 1.807) is 11.5 Å². The topological polar surface area (TPSA) is 78.9 Å². The van der Waals surface area contributed by atoms with Crippen LogP contribution in [-0.2, 0) is 16.0 Å². The van der Waals surface area contributed by atoms with Gasteiger partial charge in [0, 0.05) is 19.2 Å². The Labute approximate surface area is 165 Å². The van der Waals surface area contributed by atoms with Crippen LogP contribution in [0.25, 0.3) is 11.1 Å². The zero-order valence-corrected chi connectivity index (χ0v) is 16.2. The molecule has 6 heteroatoms. The lowest BCUT2D eigenvalue weighted by molar-refractivity contribution is -0.136. The molecule has 2 N–H and O–H groups in total. The number of ether oxygens (including phenoxy) is 1. The maximum Gasteiger partial charge on any atom is 0.268 e. The molecular formula is C22H26N2O4. The first-order valence-corrected chi connectivity index (χ1v) is 9.56. The first-order chi connectivity index (χ1) is 13.6. The number of methoxy groups -OCH3 is 1. The van der Waals surface area contributed by atoms with Gasteiger partial charge in [0.1, 0.15) is 6.04 Å². The third kappa shape index (κ3) is 3.93. The standard InChI is InChI=1S/C22H26N2O4/c1-3-6-15-9-11-16(12-10-15)17-7-4-5-8-18(17)22(26)24-14-13-19(28-2)20(24)21(25)23-27/h4-5,7-12,19-20,27H,3,6,13-14H2,1-2H3,(H,23,25)/t19-,20-/m0/s1. The van der Waals surface area contributed by atoms with Gasteiger partial charge < -0.3 is 9.64 Å². The molecule has 0 spiro atoms. The highest BCUT2D eigenvalue weighted by molar-refractivity contribution is 6.03. The molecule has 0 saturated carbocycles. The molecule has 1 aliphatic heterocycles. The molecule has 1 fully saturated rings. The van der Waals surface area contributed by atoms with Crippen molar-refractivity contribution in [1.29, 1.82) is 0 Å². The SMILES string of the molecule is CCCc1ccc(-c2ccccc2C(=O)N2CC[C@H](OC)[C@H]2C(=O)NO)cc1. The van der Waals surface area contributed by atoms with Gasteiger partial charge in [0.15, 0.2) is 0 Å². The van der Waals surface area contributed by atoms with Crippen LogP contribution in [0.1, 0.15) is 35.7 Å². The minimum atomic E-state index is -0.859. The van der Waals surface area contributed by atoms with Gasteiger partial charge in [-0.2, -0.15) is 0 Å². The van der Waals surface area contributed by atoms with Gasteiger partial charge in [-0.25, -0.2) is 5.48 Å². The van der Waals surface area contributed by atoms with Crippen molar-refractivity contribution in [2.45, 2.75) is 38.3 Å². The molecule has 1 saturated heterocycles. The number of nitrogens with zero attached hydrogens (tertiary/aromatic N) is 1. The maximum absolute atomic E-state index is 13.3. The van der Waals surface area contributed by atoms with Crippen LogP contribution < -0.4 is 5.48 Å². The molecule has 1 heterocycles. The minimum Gasteiger partial charge on any atom is -0.379 e. The Balaban J connectivity index is 1.93. The van der Waals surface area contributed by atoms with Crippen molar-refractivity contribution in [1.82, 2.24) is 10.4 Å². The largest absolute Gasteiger partial charge is 0.379 e. The molecular weight excluding hydrogens is 356 g/mol. The van der Waals surface area contributed by atoms with Gasteiger partial charge in [-0.3, -0.25) is 14.8 Å². The monoisotopic (exact) mass is 382 g/mol. The molecule has 3 rings (SSSR count). The Morgan fingerprint density at radius 3 is 2.54 bits per heavy atom. The molecule has 2 atom stereocenters. The van der Waals surface area contributed by atoms with Crippen molar-refractivity contribution in [3.63, 3.8) is 0 Å². The maximum atomic E-state index is 13.3. The fourth-order valence-electron chi connectivity index (χ4n) is 3.83. The summed E-state index contributed by atoms with van der Waals surface area (Å²) in [5, 5.41) is 9.09. The van der Waals surface area contributed by atoms with E-state index in [1.165, 1.54) is 17.6 Å². The van der Waals surface area contributed by atoms with Crippen LogP contribution in [0.15, 0.2) is 48.5 Å². The first kappa shape index (κ1) is 20.0. The molecule has 0 aromatic heterocycles. The van der Waals surface area contributed by atoms with E-state index in [0.29, 0.717) is 18.5 Å². The minimum absolute atomic E-state index is 0.249. The van der Waals surface area contributed by atoms with E-state index in [4.69, 9.17) is 9.94 Å². The van der Waals surface area contributed by atoms with E-state index in [1.807, 2.05) is 30.3 Å². The summed E-state index contributed by atoms with van der Waals surface area (Å²) in [4.78, 5) is 26.9. The fourth-order valence-corrected chi connectivity index (χ4v) is 3.83. The van der Waals surface area contributed by atoms with E-state index >= 15 is 0 Å². The van der Waals surface area contributed by atoms with Crippen molar-refractivity contribution >= 4 is 11.8 Å². The van der Waals surface area contributed by atoms with Crippen LogP contribution in [0.3, 0.4) is 0 Å². The lowest BCUT2D eigenvalue weighted by Gasteiger charge is -2.26. The predicted molar refractivity (Wildman–Crippen MR) is 106 cm³/mol. The highest BCUT2D eigenvalue weighted by atomic mass is 16.5. The normalized spacial score (nSPS) is 18.9. The van der Waals surface area contributed by atoms with Crippen molar-refractivity contribution in [3.8, 4) is 11.1 Å². The van der Waals surface area contributed by atoms with Gasteiger partial charge in [-0.05, 0) is 35.6 Å². The number of nitrogens with one attached hydrogen (secondary N) is 1. The Morgan fingerprint density at radius 2 is 1.89 bits per heavy atom. The number of hydrogen-bond acceptors (Lipinski definition) is 4. The zero-order chi connectivity index (χ0) is 20.1. The molecule has 0 radical (unpaired) electrons. The summed E-state index contributed by atoms with van der Waals surface area (Å²) >= 11 is 0. The van der Waals surface area contributed by atoms with Crippen LogP contribution in [0, 0.1) is 0 Å². The summed E-state index contributed by atoms with van der Waals surface area (Å²) in [7, 11) is 1.50. The zero-order valence-electron chi connectivity index (χ0n) is 16.2. The number of hydroxylamine groups is 1. The number of carbonyl (C=O) groups is 2. The van der Waals surface area contributed by atoms with Crippen LogP contribution in [0.4, 0.5) is 0 Å². The van der Waals surface area contributed by atoms with Gasteiger partial charge in [0.05, 0.1) is 6.10 Å². The molecule has 6 nitrogen and oxygen atoms in total. The third-order valence-corrected chi connectivity index (χ3v) is 5.25. The number of aryl methyl sites for hydroxylation is 1. The second-order valence-corrected chi connectivity index (χ2v) is 6.97. The summed E-state index contributed by atoms with van der Waals surface area (Å²) in [6, 6.07) is 14.7. The van der Waals surface area contributed by atoms with Gasteiger partial charge in [-0.1, -0.05) is 55.8 Å². The van der Waals surface area contributed by atoms with Gasteiger partial charge in [0.2, 0.25) is 0 Å². The number of hydrogen-bond donors (Lipinski definition) is 2. The van der Waals surface area contributed by atoms with Crippen LogP contribution >= 0.6 is 0 Å². The molecule has 2 aromatic carbocycles. The molecule has 0 bridgehead atoms. The van der Waals surface area contributed by atoms with E-state index in [9.17, 15) is 9.59 Å². The molecule has 0 unspecified atom stereocenters. The molecule has 0 aliphatic carbocycles. The Bertz CT molecular complexity index is 835. The average Bonchev–Trinajstić information content (AvgIpc) is 3.17. The summed E-state index contributed by atoms with van der Waals surface area (Å²) in [6.07, 6.45) is 2.19. The van der Waals surface area contributed by atoms with Crippen LogP contribution in [0.5, 0.6) is 0 Å². The number of likely N-dealkylation sites (tertiary alicyclic amines) is 1. The third-order valence-electron chi connectivity index (χ3n) is 5.25. The predicted octanol–water partition coefficient (Wildman–Crippen LogP) is 3.04. The number of rotatable bonds is 6. The number of benzene rings is 2. The summed E-state index contributed by atoms with van der Waals surface area (Å²) in [6.45, 7) is 2.53. The molecule has 2 amide bonds. The number of carbonyl (C=O) groups excluding carboxylic acids is 2. The summed E-state index contributed by atoms with van der Waals surface area (Å²) < 4.78 is 5.35. The second kappa shape index (κ2) is 8.99. The van der Waals surface area contributed by atoms with E-state index in [-0.39, 0.29) is 5.91 Å². The Morgan fingerprint density at radius 1 is 1.18 bits per heavy atom. The fraction of sp³-hybridized carbons (Fsp3) is 0.364. The molecule has 1 aliphatic rings. The lowest BCUT2D eigenvalue weighted by Crippen LogP contribution is -2.50. The van der Waals surface area contributed by atoms with E-state index < -0.39 is 18.1 Å².